The van der Waals surface area contributed by atoms with Gasteiger partial charge in [0.1, 0.15) is 10.8 Å². The maximum Gasteiger partial charge on any atom is 0.220 e. The number of hydrogen-bond donors (Lipinski definition) is 2. The highest BCUT2D eigenvalue weighted by atomic mass is 32.1. The summed E-state index contributed by atoms with van der Waals surface area (Å²) in [6.45, 7) is 0. The lowest BCUT2D eigenvalue weighted by atomic mass is 9.98. The van der Waals surface area contributed by atoms with Gasteiger partial charge in [-0.15, -0.1) is 11.3 Å². The molecule has 0 fully saturated rings. The van der Waals surface area contributed by atoms with Crippen molar-refractivity contribution in [3.63, 3.8) is 0 Å². The first-order valence-electron chi connectivity index (χ1n) is 8.71. The summed E-state index contributed by atoms with van der Waals surface area (Å²) in [4.78, 5) is 25.2. The quantitative estimate of drug-likeness (QED) is 0.718. The Labute approximate surface area is 154 Å². The Balaban J connectivity index is 1.46. The van der Waals surface area contributed by atoms with Gasteiger partial charge in [-0.2, -0.15) is 0 Å². The second-order valence-corrected chi connectivity index (χ2v) is 7.46. The van der Waals surface area contributed by atoms with E-state index in [-0.39, 0.29) is 17.8 Å². The summed E-state index contributed by atoms with van der Waals surface area (Å²) < 4.78 is 13.1. The first kappa shape index (κ1) is 16.9. The molecule has 2 aromatic heterocycles. The molecule has 1 aromatic carbocycles. The van der Waals surface area contributed by atoms with Crippen LogP contribution in [0.4, 0.5) is 4.39 Å². The summed E-state index contributed by atoms with van der Waals surface area (Å²) in [6.07, 6.45) is 7.29. The van der Waals surface area contributed by atoms with E-state index >= 15 is 0 Å². The van der Waals surface area contributed by atoms with Gasteiger partial charge in [0.25, 0.3) is 0 Å². The fourth-order valence-corrected chi connectivity index (χ4v) is 4.41. The van der Waals surface area contributed by atoms with Crippen molar-refractivity contribution in [3.05, 3.63) is 58.9 Å². The van der Waals surface area contributed by atoms with Crippen LogP contribution in [0.25, 0.3) is 10.6 Å². The number of H-pyrrole nitrogens is 1. The van der Waals surface area contributed by atoms with E-state index in [1.165, 1.54) is 12.1 Å². The Hall–Kier alpha value is -2.54. The number of rotatable bonds is 5. The lowest BCUT2D eigenvalue weighted by molar-refractivity contribution is -0.121. The van der Waals surface area contributed by atoms with Gasteiger partial charge in [0.15, 0.2) is 0 Å². The van der Waals surface area contributed by atoms with E-state index in [2.05, 4.69) is 15.3 Å². The standard InChI is InChI=1S/C19H19FN4OS/c20-13-6-4-12(5-7-13)19-24-16-3-1-2-15(18(16)26-19)23-17(25)9-8-14-10-21-11-22-14/h4-7,10-11,15H,1-3,8-9H2,(H,21,22)(H,23,25). The molecule has 0 saturated carbocycles. The fourth-order valence-electron chi connectivity index (χ4n) is 3.21. The van der Waals surface area contributed by atoms with Crippen LogP contribution in [0.1, 0.15) is 41.6 Å². The van der Waals surface area contributed by atoms with Gasteiger partial charge >= 0.3 is 0 Å². The number of amides is 1. The summed E-state index contributed by atoms with van der Waals surface area (Å²) in [6, 6.07) is 6.41. The van der Waals surface area contributed by atoms with Crippen LogP contribution in [0.3, 0.4) is 0 Å². The van der Waals surface area contributed by atoms with Gasteiger partial charge < -0.3 is 10.3 Å². The predicted molar refractivity (Wildman–Crippen MR) is 98.2 cm³/mol. The minimum atomic E-state index is -0.252. The van der Waals surface area contributed by atoms with E-state index in [4.69, 9.17) is 4.98 Å². The normalized spacial score (nSPS) is 16.3. The molecule has 1 amide bonds. The minimum Gasteiger partial charge on any atom is -0.348 e. The number of hydrogen-bond acceptors (Lipinski definition) is 4. The zero-order chi connectivity index (χ0) is 17.9. The van der Waals surface area contributed by atoms with E-state index in [0.29, 0.717) is 12.8 Å². The number of nitrogens with zero attached hydrogens (tertiary/aromatic N) is 2. The number of carbonyl (C=O) groups excluding carboxylic acids is 1. The second kappa shape index (κ2) is 7.37. The molecule has 1 unspecified atom stereocenters. The summed E-state index contributed by atoms with van der Waals surface area (Å²) in [5, 5.41) is 4.03. The second-order valence-electron chi connectivity index (χ2n) is 6.43. The van der Waals surface area contributed by atoms with Crippen LogP contribution in [0.2, 0.25) is 0 Å². The number of thiazole rings is 1. The van der Waals surface area contributed by atoms with E-state index in [1.54, 1.807) is 36.0 Å². The topological polar surface area (TPSA) is 70.7 Å². The Morgan fingerprint density at radius 2 is 2.19 bits per heavy atom. The van der Waals surface area contributed by atoms with Crippen molar-refractivity contribution in [1.82, 2.24) is 20.3 Å². The minimum absolute atomic E-state index is 0.0136. The molecular formula is C19H19FN4OS. The van der Waals surface area contributed by atoms with Crippen molar-refractivity contribution in [2.24, 2.45) is 0 Å². The molecule has 2 N–H and O–H groups in total. The molecule has 4 rings (SSSR count). The van der Waals surface area contributed by atoms with E-state index in [0.717, 1.165) is 46.1 Å². The lowest BCUT2D eigenvalue weighted by Crippen LogP contribution is -2.30. The highest BCUT2D eigenvalue weighted by Gasteiger charge is 2.26. The van der Waals surface area contributed by atoms with E-state index in [9.17, 15) is 9.18 Å². The summed E-state index contributed by atoms with van der Waals surface area (Å²) in [7, 11) is 0. The Bertz CT molecular complexity index is 889. The molecule has 134 valence electrons. The van der Waals surface area contributed by atoms with E-state index in [1.807, 2.05) is 0 Å². The number of fused-ring (bicyclic) bond motifs is 1. The van der Waals surface area contributed by atoms with Gasteiger partial charge in [-0.05, 0) is 49.9 Å². The molecule has 26 heavy (non-hydrogen) atoms. The van der Waals surface area contributed by atoms with Gasteiger partial charge in [0.2, 0.25) is 5.91 Å². The first-order chi connectivity index (χ1) is 12.7. The van der Waals surface area contributed by atoms with Gasteiger partial charge in [-0.25, -0.2) is 14.4 Å². The zero-order valence-corrected chi connectivity index (χ0v) is 15.0. The number of nitrogens with one attached hydrogen (secondary N) is 2. The summed E-state index contributed by atoms with van der Waals surface area (Å²) in [5.41, 5.74) is 2.93. The predicted octanol–water partition coefficient (Wildman–Crippen LogP) is 3.80. The van der Waals surface area contributed by atoms with Crippen molar-refractivity contribution in [3.8, 4) is 10.6 Å². The average molecular weight is 370 g/mol. The van der Waals surface area contributed by atoms with Gasteiger partial charge in [-0.3, -0.25) is 4.79 Å². The van der Waals surface area contributed by atoms with Crippen LogP contribution >= 0.6 is 11.3 Å². The number of aromatic nitrogens is 3. The van der Waals surface area contributed by atoms with E-state index < -0.39 is 0 Å². The number of aryl methyl sites for hydroxylation is 2. The Morgan fingerprint density at radius 1 is 1.35 bits per heavy atom. The van der Waals surface area contributed by atoms with Crippen LogP contribution in [-0.2, 0) is 17.6 Å². The number of halogens is 1. The number of imidazole rings is 1. The van der Waals surface area contributed by atoms with Crippen molar-refractivity contribution < 1.29 is 9.18 Å². The summed E-state index contributed by atoms with van der Waals surface area (Å²) >= 11 is 1.60. The maximum absolute atomic E-state index is 13.1. The molecule has 0 radical (unpaired) electrons. The largest absolute Gasteiger partial charge is 0.348 e. The average Bonchev–Trinajstić information content (AvgIpc) is 3.31. The fraction of sp³-hybridized carbons (Fsp3) is 0.316. The van der Waals surface area contributed by atoms with Crippen molar-refractivity contribution in [1.29, 1.82) is 0 Å². The first-order valence-corrected chi connectivity index (χ1v) is 9.53. The third-order valence-corrected chi connectivity index (χ3v) is 5.81. The lowest BCUT2D eigenvalue weighted by Gasteiger charge is -2.22. The smallest absolute Gasteiger partial charge is 0.220 e. The monoisotopic (exact) mass is 370 g/mol. The third kappa shape index (κ3) is 3.67. The van der Waals surface area contributed by atoms with Crippen molar-refractivity contribution >= 4 is 17.2 Å². The van der Waals surface area contributed by atoms with Crippen molar-refractivity contribution in [2.75, 3.05) is 0 Å². The molecule has 0 bridgehead atoms. The molecule has 7 heteroatoms. The van der Waals surface area contributed by atoms with Crippen LogP contribution in [0, 0.1) is 5.82 Å². The zero-order valence-electron chi connectivity index (χ0n) is 14.2. The molecule has 0 aliphatic heterocycles. The van der Waals surface area contributed by atoms with Gasteiger partial charge in [0, 0.05) is 23.9 Å². The van der Waals surface area contributed by atoms with Crippen LogP contribution in [0.15, 0.2) is 36.8 Å². The SMILES string of the molecule is O=C(CCc1cnc[nH]1)NC1CCCc2nc(-c3ccc(F)cc3)sc21. The van der Waals surface area contributed by atoms with Crippen molar-refractivity contribution in [2.45, 2.75) is 38.1 Å². The number of benzene rings is 1. The van der Waals surface area contributed by atoms with Crippen LogP contribution < -0.4 is 5.32 Å². The number of aromatic amines is 1. The molecule has 5 nitrogen and oxygen atoms in total. The molecule has 1 aliphatic rings. The highest BCUT2D eigenvalue weighted by molar-refractivity contribution is 7.15. The highest BCUT2D eigenvalue weighted by Crippen LogP contribution is 2.38. The van der Waals surface area contributed by atoms with Gasteiger partial charge in [-0.1, -0.05) is 0 Å². The maximum atomic E-state index is 13.1. The molecule has 0 spiro atoms. The molecule has 1 aliphatic carbocycles. The molecule has 3 aromatic rings. The third-order valence-electron chi connectivity index (χ3n) is 4.55. The van der Waals surface area contributed by atoms with Gasteiger partial charge in [0.05, 0.1) is 22.9 Å². The molecule has 0 saturated heterocycles. The molecule has 2 heterocycles. The molecular weight excluding hydrogens is 351 g/mol. The Kier molecular flexibility index (Phi) is 4.79. The summed E-state index contributed by atoms with van der Waals surface area (Å²) in [5.74, 6) is -0.216. The molecule has 1 atom stereocenters. The Morgan fingerprint density at radius 3 is 2.96 bits per heavy atom. The van der Waals surface area contributed by atoms with Crippen LogP contribution in [-0.4, -0.2) is 20.9 Å². The van der Waals surface area contributed by atoms with Crippen LogP contribution in [0.5, 0.6) is 0 Å². The number of carbonyl (C=O) groups is 1.